The number of anilines is 1. The van der Waals surface area contributed by atoms with Crippen molar-refractivity contribution in [1.29, 1.82) is 0 Å². The van der Waals surface area contributed by atoms with Gasteiger partial charge in [0.15, 0.2) is 0 Å². The molecule has 0 bridgehead atoms. The lowest BCUT2D eigenvalue weighted by Crippen LogP contribution is -2.48. The van der Waals surface area contributed by atoms with E-state index in [-0.39, 0.29) is 42.5 Å². The van der Waals surface area contributed by atoms with E-state index in [4.69, 9.17) is 0 Å². The second-order valence-corrected chi connectivity index (χ2v) is 9.93. The minimum atomic E-state index is -3.73. The highest BCUT2D eigenvalue weighted by Crippen LogP contribution is 2.30. The number of sulfonamides is 1. The molecule has 160 valence electrons. The number of amides is 3. The Labute approximate surface area is 183 Å². The minimum Gasteiger partial charge on any atom is -0.312 e. The number of fused-ring (bicyclic) bond motifs is 1. The van der Waals surface area contributed by atoms with E-state index in [2.05, 4.69) is 8.75 Å². The van der Waals surface area contributed by atoms with Crippen LogP contribution in [0.5, 0.6) is 0 Å². The maximum atomic E-state index is 13.2. The van der Waals surface area contributed by atoms with Crippen LogP contribution >= 0.6 is 11.7 Å². The van der Waals surface area contributed by atoms with Gasteiger partial charge in [-0.2, -0.15) is 13.1 Å². The first-order valence-corrected chi connectivity index (χ1v) is 12.0. The van der Waals surface area contributed by atoms with Crippen LogP contribution in [-0.4, -0.2) is 64.0 Å². The summed E-state index contributed by atoms with van der Waals surface area (Å²) in [5, 5.41) is 0. The summed E-state index contributed by atoms with van der Waals surface area (Å²) in [6.45, 7) is 0.545. The van der Waals surface area contributed by atoms with Crippen molar-refractivity contribution in [3.05, 3.63) is 48.5 Å². The van der Waals surface area contributed by atoms with Crippen LogP contribution in [0.4, 0.5) is 10.5 Å². The lowest BCUT2D eigenvalue weighted by Gasteiger charge is -2.35. The van der Waals surface area contributed by atoms with Crippen molar-refractivity contribution < 1.29 is 18.0 Å². The molecule has 5 rings (SSSR count). The fourth-order valence-corrected chi connectivity index (χ4v) is 6.38. The summed E-state index contributed by atoms with van der Waals surface area (Å²) in [5.41, 5.74) is 1.49. The van der Waals surface area contributed by atoms with E-state index in [1.807, 2.05) is 6.07 Å². The minimum absolute atomic E-state index is 0.00887. The number of carbonyl (C=O) groups excluding carboxylic acids is 2. The summed E-state index contributed by atoms with van der Waals surface area (Å²) in [6, 6.07) is 13.2. The number of imide groups is 1. The zero-order chi connectivity index (χ0) is 21.6. The van der Waals surface area contributed by atoms with Crippen LogP contribution in [-0.2, 0) is 14.8 Å². The van der Waals surface area contributed by atoms with Gasteiger partial charge < -0.3 is 4.90 Å². The Hall–Kier alpha value is -2.89. The van der Waals surface area contributed by atoms with E-state index in [0.717, 1.165) is 11.7 Å². The van der Waals surface area contributed by atoms with Gasteiger partial charge in [0.05, 0.1) is 17.4 Å². The van der Waals surface area contributed by atoms with Crippen LogP contribution < -0.4 is 4.90 Å². The topological polar surface area (TPSA) is 104 Å². The molecule has 2 aliphatic rings. The molecule has 2 fully saturated rings. The van der Waals surface area contributed by atoms with Crippen LogP contribution in [0.1, 0.15) is 12.8 Å². The van der Waals surface area contributed by atoms with Crippen molar-refractivity contribution in [2.75, 3.05) is 24.5 Å². The molecule has 2 aromatic carbocycles. The first kappa shape index (κ1) is 20.0. The van der Waals surface area contributed by atoms with Crippen LogP contribution in [0.2, 0.25) is 0 Å². The normalized spacial score (nSPS) is 19.0. The molecule has 11 heteroatoms. The third-order valence-corrected chi connectivity index (χ3v) is 8.21. The summed E-state index contributed by atoms with van der Waals surface area (Å²) in [6.07, 6.45) is 0.929. The highest BCUT2D eigenvalue weighted by molar-refractivity contribution is 7.89. The third kappa shape index (κ3) is 3.38. The van der Waals surface area contributed by atoms with E-state index >= 15 is 0 Å². The van der Waals surface area contributed by atoms with Crippen molar-refractivity contribution >= 4 is 50.4 Å². The summed E-state index contributed by atoms with van der Waals surface area (Å²) in [7, 11) is -3.73. The van der Waals surface area contributed by atoms with Crippen molar-refractivity contribution in [3.8, 4) is 0 Å². The molecule has 9 nitrogen and oxygen atoms in total. The van der Waals surface area contributed by atoms with Gasteiger partial charge in [0, 0.05) is 19.1 Å². The Morgan fingerprint density at radius 3 is 2.42 bits per heavy atom. The Morgan fingerprint density at radius 2 is 1.68 bits per heavy atom. The van der Waals surface area contributed by atoms with Gasteiger partial charge >= 0.3 is 6.03 Å². The molecule has 1 aromatic heterocycles. The number of para-hydroxylation sites is 1. The SMILES string of the molecule is O=C1CN(C2CCN(S(=O)(=O)c3cccc4nsnc34)CC2)C(=O)N1c1ccccc1. The number of piperidine rings is 1. The molecule has 0 aliphatic carbocycles. The lowest BCUT2D eigenvalue weighted by molar-refractivity contribution is -0.116. The van der Waals surface area contributed by atoms with Gasteiger partial charge in [0.2, 0.25) is 10.0 Å². The van der Waals surface area contributed by atoms with Crippen molar-refractivity contribution in [1.82, 2.24) is 18.0 Å². The number of rotatable bonds is 4. The maximum absolute atomic E-state index is 13.2. The smallest absolute Gasteiger partial charge is 0.312 e. The molecule has 31 heavy (non-hydrogen) atoms. The first-order chi connectivity index (χ1) is 15.0. The highest BCUT2D eigenvalue weighted by atomic mass is 32.2. The fraction of sp³-hybridized carbons (Fsp3) is 0.300. The summed E-state index contributed by atoms with van der Waals surface area (Å²) < 4.78 is 36.1. The highest BCUT2D eigenvalue weighted by Gasteiger charge is 2.42. The molecule has 0 spiro atoms. The number of hydrogen-bond acceptors (Lipinski definition) is 7. The maximum Gasteiger partial charge on any atom is 0.332 e. The van der Waals surface area contributed by atoms with E-state index in [1.54, 1.807) is 47.4 Å². The third-order valence-electron chi connectivity index (χ3n) is 5.74. The van der Waals surface area contributed by atoms with Crippen LogP contribution in [0, 0.1) is 0 Å². The van der Waals surface area contributed by atoms with Crippen molar-refractivity contribution in [3.63, 3.8) is 0 Å². The van der Waals surface area contributed by atoms with Gasteiger partial charge in [-0.25, -0.2) is 18.1 Å². The van der Waals surface area contributed by atoms with Crippen LogP contribution in [0.15, 0.2) is 53.4 Å². The molecule has 2 saturated heterocycles. The molecule has 0 N–H and O–H groups in total. The van der Waals surface area contributed by atoms with Gasteiger partial charge in [-0.3, -0.25) is 4.79 Å². The Balaban J connectivity index is 1.31. The molecular weight excluding hydrogens is 438 g/mol. The zero-order valence-electron chi connectivity index (χ0n) is 16.4. The summed E-state index contributed by atoms with van der Waals surface area (Å²) in [5.74, 6) is -0.269. The van der Waals surface area contributed by atoms with Gasteiger partial charge in [-0.1, -0.05) is 24.3 Å². The number of aromatic nitrogens is 2. The first-order valence-electron chi connectivity index (χ1n) is 9.87. The number of hydrogen-bond donors (Lipinski definition) is 0. The molecule has 0 atom stereocenters. The second kappa shape index (κ2) is 7.66. The molecule has 2 aliphatic heterocycles. The average molecular weight is 458 g/mol. The number of carbonyl (C=O) groups is 2. The van der Waals surface area contributed by atoms with Crippen molar-refractivity contribution in [2.24, 2.45) is 0 Å². The standard InChI is InChI=1S/C20H19N5O4S2/c26-18-13-24(20(27)25(18)15-5-2-1-3-6-15)14-9-11-23(12-10-14)31(28,29)17-8-4-7-16-19(17)22-30-21-16/h1-8,14H,9-13H2. The lowest BCUT2D eigenvalue weighted by atomic mass is 10.1. The molecule has 3 amide bonds. The second-order valence-electron chi connectivity index (χ2n) is 7.50. The monoisotopic (exact) mass is 457 g/mol. The van der Waals surface area contributed by atoms with E-state index in [1.165, 1.54) is 9.21 Å². The van der Waals surface area contributed by atoms with Crippen LogP contribution in [0.3, 0.4) is 0 Å². The quantitative estimate of drug-likeness (QED) is 0.557. The van der Waals surface area contributed by atoms with E-state index < -0.39 is 10.0 Å². The summed E-state index contributed by atoms with van der Waals surface area (Å²) >= 11 is 0.982. The predicted octanol–water partition coefficient (Wildman–Crippen LogP) is 2.31. The summed E-state index contributed by atoms with van der Waals surface area (Å²) in [4.78, 5) is 28.3. The Morgan fingerprint density at radius 1 is 0.935 bits per heavy atom. The largest absolute Gasteiger partial charge is 0.332 e. The number of urea groups is 1. The molecule has 0 radical (unpaired) electrons. The Kier molecular flexibility index (Phi) is 4.95. The van der Waals surface area contributed by atoms with Gasteiger partial charge in [0.25, 0.3) is 5.91 Å². The van der Waals surface area contributed by atoms with E-state index in [9.17, 15) is 18.0 Å². The molecule has 0 saturated carbocycles. The fourth-order valence-electron chi connectivity index (χ4n) is 4.16. The zero-order valence-corrected chi connectivity index (χ0v) is 18.1. The van der Waals surface area contributed by atoms with E-state index in [0.29, 0.717) is 29.6 Å². The number of nitrogens with zero attached hydrogens (tertiary/aromatic N) is 5. The average Bonchev–Trinajstić information content (AvgIpc) is 3.38. The predicted molar refractivity (Wildman–Crippen MR) is 115 cm³/mol. The van der Waals surface area contributed by atoms with Crippen LogP contribution in [0.25, 0.3) is 11.0 Å². The van der Waals surface area contributed by atoms with Gasteiger partial charge in [0.1, 0.15) is 22.5 Å². The van der Waals surface area contributed by atoms with Gasteiger partial charge in [-0.15, -0.1) is 0 Å². The molecular formula is C20H19N5O4S2. The number of benzene rings is 2. The van der Waals surface area contributed by atoms with Gasteiger partial charge in [-0.05, 0) is 37.1 Å². The van der Waals surface area contributed by atoms with Crippen molar-refractivity contribution in [2.45, 2.75) is 23.8 Å². The Bertz CT molecular complexity index is 1250. The molecule has 3 heterocycles. The molecule has 3 aromatic rings. The molecule has 0 unspecified atom stereocenters.